The van der Waals surface area contributed by atoms with Crippen LogP contribution in [0.25, 0.3) is 5.57 Å². The average Bonchev–Trinajstić information content (AvgIpc) is 3.09. The third-order valence-corrected chi connectivity index (χ3v) is 6.97. The van der Waals surface area contributed by atoms with Gasteiger partial charge in [0.2, 0.25) is 0 Å². The second-order valence-electron chi connectivity index (χ2n) is 7.06. The van der Waals surface area contributed by atoms with Crippen molar-refractivity contribution in [1.29, 1.82) is 0 Å². The predicted octanol–water partition coefficient (Wildman–Crippen LogP) is 5.75. The SMILES string of the molecule is CCCCCCN1C(=O)/C(=C2\SC(=S)N(CCCC)C2=O)c2cc(Br)ccc21. The van der Waals surface area contributed by atoms with E-state index in [1.54, 1.807) is 4.90 Å². The van der Waals surface area contributed by atoms with Crippen LogP contribution in [0.5, 0.6) is 0 Å². The molecule has 0 aliphatic carbocycles. The summed E-state index contributed by atoms with van der Waals surface area (Å²) in [5.41, 5.74) is 2.22. The average molecular weight is 481 g/mol. The van der Waals surface area contributed by atoms with Gasteiger partial charge in [-0.05, 0) is 31.0 Å². The van der Waals surface area contributed by atoms with Gasteiger partial charge < -0.3 is 4.90 Å². The molecule has 150 valence electrons. The van der Waals surface area contributed by atoms with E-state index in [0.29, 0.717) is 27.9 Å². The lowest BCUT2D eigenvalue weighted by molar-refractivity contribution is -0.122. The monoisotopic (exact) mass is 480 g/mol. The summed E-state index contributed by atoms with van der Waals surface area (Å²) in [6.45, 7) is 5.54. The van der Waals surface area contributed by atoms with Crippen LogP contribution in [0.2, 0.25) is 0 Å². The van der Waals surface area contributed by atoms with Gasteiger partial charge in [0.15, 0.2) is 0 Å². The maximum absolute atomic E-state index is 13.3. The second kappa shape index (κ2) is 9.55. The first-order valence-electron chi connectivity index (χ1n) is 9.89. The third-order valence-electron chi connectivity index (χ3n) is 5.02. The number of thiocarbonyl (C=S) groups is 1. The summed E-state index contributed by atoms with van der Waals surface area (Å²) < 4.78 is 1.44. The number of anilines is 1. The summed E-state index contributed by atoms with van der Waals surface area (Å²) in [6.07, 6.45) is 6.26. The molecular formula is C21H25BrN2O2S2. The lowest BCUT2D eigenvalue weighted by atomic mass is 10.1. The highest BCUT2D eigenvalue weighted by molar-refractivity contribution is 9.10. The van der Waals surface area contributed by atoms with Crippen LogP contribution in [0.1, 0.15) is 57.9 Å². The number of fused-ring (bicyclic) bond motifs is 1. The van der Waals surface area contributed by atoms with Crippen molar-refractivity contribution in [3.8, 4) is 0 Å². The van der Waals surface area contributed by atoms with Gasteiger partial charge in [0.1, 0.15) is 4.32 Å². The molecule has 4 nitrogen and oxygen atoms in total. The third kappa shape index (κ3) is 4.21. The summed E-state index contributed by atoms with van der Waals surface area (Å²) in [4.78, 5) is 30.3. The van der Waals surface area contributed by atoms with Gasteiger partial charge in [0, 0.05) is 23.1 Å². The zero-order valence-corrected chi connectivity index (χ0v) is 19.5. The van der Waals surface area contributed by atoms with Gasteiger partial charge in [0.05, 0.1) is 16.2 Å². The van der Waals surface area contributed by atoms with E-state index in [1.165, 1.54) is 11.8 Å². The standard InChI is InChI=1S/C21H25BrN2O2S2/c1-3-5-7-8-12-23-16-10-9-14(22)13-15(16)17(19(23)25)18-20(26)24(11-6-4-2)21(27)28-18/h9-10,13H,3-8,11-12H2,1-2H3/b18-17-. The van der Waals surface area contributed by atoms with Crippen molar-refractivity contribution in [2.24, 2.45) is 0 Å². The van der Waals surface area contributed by atoms with Crippen LogP contribution in [0.4, 0.5) is 5.69 Å². The van der Waals surface area contributed by atoms with Gasteiger partial charge in [0.25, 0.3) is 11.8 Å². The Labute approximate surface area is 184 Å². The molecule has 28 heavy (non-hydrogen) atoms. The molecule has 0 radical (unpaired) electrons. The van der Waals surface area contributed by atoms with Crippen LogP contribution >= 0.6 is 39.9 Å². The van der Waals surface area contributed by atoms with Crippen molar-refractivity contribution in [1.82, 2.24) is 4.90 Å². The molecule has 3 rings (SSSR count). The first-order chi connectivity index (χ1) is 13.5. The van der Waals surface area contributed by atoms with E-state index < -0.39 is 0 Å². The molecule has 1 aromatic rings. The summed E-state index contributed by atoms with van der Waals surface area (Å²) in [5, 5.41) is 0. The fraction of sp³-hybridized carbons (Fsp3) is 0.476. The normalized spacial score (nSPS) is 19.2. The van der Waals surface area contributed by atoms with Gasteiger partial charge in [-0.25, -0.2) is 0 Å². The number of carbonyl (C=O) groups is 2. The van der Waals surface area contributed by atoms with E-state index in [-0.39, 0.29) is 11.8 Å². The molecule has 0 saturated carbocycles. The summed E-state index contributed by atoms with van der Waals surface area (Å²) >= 11 is 10.2. The first-order valence-corrected chi connectivity index (χ1v) is 11.9. The fourth-order valence-electron chi connectivity index (χ4n) is 3.50. The van der Waals surface area contributed by atoms with E-state index >= 15 is 0 Å². The van der Waals surface area contributed by atoms with Crippen LogP contribution < -0.4 is 4.90 Å². The van der Waals surface area contributed by atoms with Crippen molar-refractivity contribution in [3.63, 3.8) is 0 Å². The zero-order chi connectivity index (χ0) is 20.3. The van der Waals surface area contributed by atoms with Gasteiger partial charge in [-0.2, -0.15) is 0 Å². The molecule has 0 bridgehead atoms. The number of benzene rings is 1. The van der Waals surface area contributed by atoms with Gasteiger partial charge >= 0.3 is 0 Å². The number of unbranched alkanes of at least 4 members (excludes halogenated alkanes) is 4. The molecule has 2 heterocycles. The molecule has 0 atom stereocenters. The molecule has 7 heteroatoms. The lowest BCUT2D eigenvalue weighted by Crippen LogP contribution is -2.30. The smallest absolute Gasteiger partial charge is 0.267 e. The second-order valence-corrected chi connectivity index (χ2v) is 9.62. The van der Waals surface area contributed by atoms with Crippen LogP contribution in [-0.2, 0) is 9.59 Å². The number of nitrogens with zero attached hydrogens (tertiary/aromatic N) is 2. The largest absolute Gasteiger partial charge is 0.308 e. The molecule has 2 aliphatic heterocycles. The Morgan fingerprint density at radius 2 is 1.68 bits per heavy atom. The quantitative estimate of drug-likeness (QED) is 0.270. The minimum Gasteiger partial charge on any atom is -0.308 e. The van der Waals surface area contributed by atoms with Gasteiger partial charge in [-0.3, -0.25) is 14.5 Å². The predicted molar refractivity (Wildman–Crippen MR) is 124 cm³/mol. The summed E-state index contributed by atoms with van der Waals surface area (Å²) in [5.74, 6) is -0.217. The van der Waals surface area contributed by atoms with Crippen molar-refractivity contribution in [2.45, 2.75) is 52.4 Å². The molecule has 0 spiro atoms. The molecular weight excluding hydrogens is 456 g/mol. The van der Waals surface area contributed by atoms with Crippen molar-refractivity contribution in [2.75, 3.05) is 18.0 Å². The number of carbonyl (C=O) groups excluding carboxylic acids is 2. The highest BCUT2D eigenvalue weighted by atomic mass is 79.9. The van der Waals surface area contributed by atoms with Gasteiger partial charge in [-0.1, -0.05) is 79.4 Å². The number of hydrogen-bond donors (Lipinski definition) is 0. The molecule has 0 unspecified atom stereocenters. The molecule has 1 aromatic carbocycles. The highest BCUT2D eigenvalue weighted by Crippen LogP contribution is 2.45. The topological polar surface area (TPSA) is 40.6 Å². The van der Waals surface area contributed by atoms with Crippen molar-refractivity contribution < 1.29 is 9.59 Å². The fourth-order valence-corrected chi connectivity index (χ4v) is 5.24. The Morgan fingerprint density at radius 3 is 2.39 bits per heavy atom. The van der Waals surface area contributed by atoms with Crippen LogP contribution in [0.3, 0.4) is 0 Å². The number of amides is 2. The van der Waals surface area contributed by atoms with E-state index in [4.69, 9.17) is 12.2 Å². The molecule has 1 saturated heterocycles. The van der Waals surface area contributed by atoms with Crippen LogP contribution in [0, 0.1) is 0 Å². The maximum atomic E-state index is 13.3. The molecule has 2 aliphatic rings. The Kier molecular flexibility index (Phi) is 7.34. The minimum atomic E-state index is -0.134. The van der Waals surface area contributed by atoms with Crippen molar-refractivity contribution >= 4 is 67.3 Å². The molecule has 0 aromatic heterocycles. The maximum Gasteiger partial charge on any atom is 0.267 e. The van der Waals surface area contributed by atoms with E-state index in [0.717, 1.165) is 54.2 Å². The van der Waals surface area contributed by atoms with Crippen LogP contribution in [-0.4, -0.2) is 34.1 Å². The Morgan fingerprint density at radius 1 is 0.964 bits per heavy atom. The number of halogens is 1. The van der Waals surface area contributed by atoms with Crippen LogP contribution in [0.15, 0.2) is 27.6 Å². The molecule has 2 amide bonds. The zero-order valence-electron chi connectivity index (χ0n) is 16.3. The number of rotatable bonds is 8. The van der Waals surface area contributed by atoms with E-state index in [1.807, 2.05) is 23.1 Å². The summed E-state index contributed by atoms with van der Waals surface area (Å²) in [6, 6.07) is 5.84. The molecule has 1 fully saturated rings. The lowest BCUT2D eigenvalue weighted by Gasteiger charge is -2.17. The van der Waals surface area contributed by atoms with E-state index in [9.17, 15) is 9.59 Å². The Bertz CT molecular complexity index is 838. The van der Waals surface area contributed by atoms with Gasteiger partial charge in [-0.15, -0.1) is 0 Å². The number of thioether (sulfide) groups is 1. The minimum absolute atomic E-state index is 0.0828. The Hall–Kier alpha value is -1.18. The van der Waals surface area contributed by atoms with E-state index in [2.05, 4.69) is 29.8 Å². The molecule has 0 N–H and O–H groups in total. The Balaban J connectivity index is 1.96. The first kappa shape index (κ1) is 21.5. The highest BCUT2D eigenvalue weighted by Gasteiger charge is 2.41. The number of hydrogen-bond acceptors (Lipinski definition) is 4. The van der Waals surface area contributed by atoms with Crippen molar-refractivity contribution in [3.05, 3.63) is 33.1 Å². The summed E-state index contributed by atoms with van der Waals surface area (Å²) in [7, 11) is 0.